The number of carbonyl (C=O) groups is 1. The van der Waals surface area contributed by atoms with Crippen molar-refractivity contribution >= 4 is 5.91 Å². The van der Waals surface area contributed by atoms with Gasteiger partial charge in [0.25, 0.3) is 5.91 Å². The molecule has 0 aliphatic rings. The number of amides is 1. The van der Waals surface area contributed by atoms with Crippen molar-refractivity contribution in [3.63, 3.8) is 0 Å². The van der Waals surface area contributed by atoms with Gasteiger partial charge in [0.1, 0.15) is 0 Å². The molecule has 4 nitrogen and oxygen atoms in total. The minimum Gasteiger partial charge on any atom is -0.493 e. The van der Waals surface area contributed by atoms with E-state index in [0.717, 1.165) is 5.56 Å². The Hall–Kier alpha value is -2.49. The molecule has 0 fully saturated rings. The molecule has 25 heavy (non-hydrogen) atoms. The lowest BCUT2D eigenvalue weighted by molar-refractivity contribution is -0.123. The van der Waals surface area contributed by atoms with E-state index >= 15 is 0 Å². The first-order valence-electron chi connectivity index (χ1n) is 8.47. The van der Waals surface area contributed by atoms with Crippen molar-refractivity contribution in [1.29, 1.82) is 0 Å². The number of carbonyl (C=O) groups excluding carboxylic acids is 1. The fraction of sp³-hybridized carbons (Fsp3) is 0.381. The summed E-state index contributed by atoms with van der Waals surface area (Å²) in [6.07, 6.45) is 0. The summed E-state index contributed by atoms with van der Waals surface area (Å²) in [5.74, 6) is 1.00. The van der Waals surface area contributed by atoms with Crippen molar-refractivity contribution in [2.45, 2.75) is 39.2 Å². The summed E-state index contributed by atoms with van der Waals surface area (Å²) >= 11 is 0. The van der Waals surface area contributed by atoms with E-state index in [-0.39, 0.29) is 24.0 Å². The number of nitrogens with one attached hydrogen (secondary N) is 1. The predicted octanol–water partition coefficient (Wildman–Crippen LogP) is 4.25. The van der Waals surface area contributed by atoms with Crippen molar-refractivity contribution in [2.24, 2.45) is 0 Å². The molecular formula is C21H27NO3. The quantitative estimate of drug-likeness (QED) is 0.854. The molecule has 0 bridgehead atoms. The van der Waals surface area contributed by atoms with E-state index in [1.807, 2.05) is 19.1 Å². The molecule has 4 heteroatoms. The van der Waals surface area contributed by atoms with Crippen LogP contribution in [0.3, 0.4) is 0 Å². The zero-order valence-electron chi connectivity index (χ0n) is 15.6. The van der Waals surface area contributed by atoms with Gasteiger partial charge in [-0.3, -0.25) is 4.79 Å². The van der Waals surface area contributed by atoms with Gasteiger partial charge in [-0.05, 0) is 35.6 Å². The first-order chi connectivity index (χ1) is 11.8. The minimum atomic E-state index is -0.168. The first kappa shape index (κ1) is 18.8. The van der Waals surface area contributed by atoms with Gasteiger partial charge in [-0.1, -0.05) is 57.2 Å². The summed E-state index contributed by atoms with van der Waals surface area (Å²) in [4.78, 5) is 12.1. The average Bonchev–Trinajstić information content (AvgIpc) is 2.59. The fourth-order valence-electron chi connectivity index (χ4n) is 2.52. The summed E-state index contributed by atoms with van der Waals surface area (Å²) in [6.45, 7) is 8.46. The summed E-state index contributed by atoms with van der Waals surface area (Å²) in [6, 6.07) is 15.5. The monoisotopic (exact) mass is 341 g/mol. The van der Waals surface area contributed by atoms with Gasteiger partial charge in [-0.25, -0.2) is 0 Å². The van der Waals surface area contributed by atoms with E-state index in [2.05, 4.69) is 50.4 Å². The molecule has 0 aliphatic heterocycles. The highest BCUT2D eigenvalue weighted by molar-refractivity contribution is 5.78. The number of para-hydroxylation sites is 2. The van der Waals surface area contributed by atoms with Crippen molar-refractivity contribution in [3.05, 3.63) is 59.7 Å². The number of hydrogen-bond acceptors (Lipinski definition) is 3. The molecule has 1 unspecified atom stereocenters. The number of methoxy groups -OCH3 is 1. The summed E-state index contributed by atoms with van der Waals surface area (Å²) in [7, 11) is 1.57. The third kappa shape index (κ3) is 5.24. The maximum atomic E-state index is 12.1. The molecule has 1 N–H and O–H groups in total. The average molecular weight is 341 g/mol. The van der Waals surface area contributed by atoms with Gasteiger partial charge in [-0.15, -0.1) is 0 Å². The fourth-order valence-corrected chi connectivity index (χ4v) is 2.52. The van der Waals surface area contributed by atoms with Crippen LogP contribution >= 0.6 is 0 Å². The molecule has 0 saturated carbocycles. The second-order valence-corrected chi connectivity index (χ2v) is 7.10. The second kappa shape index (κ2) is 8.06. The van der Waals surface area contributed by atoms with Gasteiger partial charge in [0, 0.05) is 0 Å². The maximum Gasteiger partial charge on any atom is 0.258 e. The highest BCUT2D eigenvalue weighted by atomic mass is 16.5. The molecule has 0 radical (unpaired) electrons. The number of hydrogen-bond donors (Lipinski definition) is 1. The van der Waals surface area contributed by atoms with Gasteiger partial charge in [-0.2, -0.15) is 0 Å². The Bertz CT molecular complexity index is 702. The van der Waals surface area contributed by atoms with Crippen LogP contribution in [0.5, 0.6) is 11.5 Å². The van der Waals surface area contributed by atoms with Crippen molar-refractivity contribution in [2.75, 3.05) is 13.7 Å². The minimum absolute atomic E-state index is 0.0508. The Morgan fingerprint density at radius 1 is 1.04 bits per heavy atom. The largest absolute Gasteiger partial charge is 0.493 e. The molecule has 0 aliphatic carbocycles. The Morgan fingerprint density at radius 2 is 1.64 bits per heavy atom. The van der Waals surface area contributed by atoms with Crippen molar-refractivity contribution < 1.29 is 14.3 Å². The highest BCUT2D eigenvalue weighted by Gasteiger charge is 2.15. The zero-order valence-corrected chi connectivity index (χ0v) is 15.6. The first-order valence-corrected chi connectivity index (χ1v) is 8.47. The Labute approximate surface area is 150 Å². The highest BCUT2D eigenvalue weighted by Crippen LogP contribution is 2.26. The summed E-state index contributed by atoms with van der Waals surface area (Å²) in [5.41, 5.74) is 2.46. The maximum absolute atomic E-state index is 12.1. The van der Waals surface area contributed by atoms with Crippen molar-refractivity contribution in [3.8, 4) is 11.5 Å². The lowest BCUT2D eigenvalue weighted by Crippen LogP contribution is -2.31. The normalized spacial score (nSPS) is 12.4. The molecule has 134 valence electrons. The number of rotatable bonds is 6. The molecule has 0 saturated heterocycles. The molecule has 1 atom stereocenters. The van der Waals surface area contributed by atoms with E-state index in [9.17, 15) is 4.79 Å². The molecule has 2 rings (SSSR count). The van der Waals surface area contributed by atoms with Gasteiger partial charge in [0.2, 0.25) is 0 Å². The van der Waals surface area contributed by atoms with E-state index in [0.29, 0.717) is 11.5 Å². The van der Waals surface area contributed by atoms with E-state index in [4.69, 9.17) is 9.47 Å². The van der Waals surface area contributed by atoms with Crippen LogP contribution in [0.4, 0.5) is 0 Å². The van der Waals surface area contributed by atoms with Crippen LogP contribution in [-0.4, -0.2) is 19.6 Å². The smallest absolute Gasteiger partial charge is 0.258 e. The van der Waals surface area contributed by atoms with E-state index in [1.165, 1.54) is 5.56 Å². The van der Waals surface area contributed by atoms with E-state index in [1.54, 1.807) is 19.2 Å². The van der Waals surface area contributed by atoms with Crippen LogP contribution < -0.4 is 14.8 Å². The molecule has 0 heterocycles. The number of ether oxygens (including phenoxy) is 2. The molecule has 0 aromatic heterocycles. The molecular weight excluding hydrogens is 314 g/mol. The molecule has 1 amide bonds. The summed E-state index contributed by atoms with van der Waals surface area (Å²) in [5, 5.41) is 2.96. The molecule has 2 aromatic rings. The second-order valence-electron chi connectivity index (χ2n) is 7.10. The number of benzene rings is 2. The van der Waals surface area contributed by atoms with E-state index < -0.39 is 0 Å². The third-order valence-corrected chi connectivity index (χ3v) is 4.08. The Balaban J connectivity index is 1.91. The van der Waals surface area contributed by atoms with Crippen LogP contribution in [0.25, 0.3) is 0 Å². The predicted molar refractivity (Wildman–Crippen MR) is 100 cm³/mol. The summed E-state index contributed by atoms with van der Waals surface area (Å²) < 4.78 is 10.8. The van der Waals surface area contributed by atoms with Gasteiger partial charge >= 0.3 is 0 Å². The lowest BCUT2D eigenvalue weighted by Gasteiger charge is -2.21. The standard InChI is InChI=1S/C21H27NO3/c1-15(16-10-12-17(13-11-16)21(2,3)4)22-20(23)14-25-19-9-7-6-8-18(19)24-5/h6-13,15H,14H2,1-5H3,(H,22,23). The Kier molecular flexibility index (Phi) is 6.07. The van der Waals surface area contributed by atoms with Crippen LogP contribution in [0, 0.1) is 0 Å². The van der Waals surface area contributed by atoms with Crippen LogP contribution in [0.2, 0.25) is 0 Å². The SMILES string of the molecule is COc1ccccc1OCC(=O)NC(C)c1ccc(C(C)(C)C)cc1. The van der Waals surface area contributed by atoms with Gasteiger partial charge in [0.15, 0.2) is 18.1 Å². The Morgan fingerprint density at radius 3 is 2.20 bits per heavy atom. The third-order valence-electron chi connectivity index (χ3n) is 4.08. The molecule has 0 spiro atoms. The lowest BCUT2D eigenvalue weighted by atomic mass is 9.86. The van der Waals surface area contributed by atoms with Crippen molar-refractivity contribution in [1.82, 2.24) is 5.32 Å². The topological polar surface area (TPSA) is 47.6 Å². The molecule has 2 aromatic carbocycles. The van der Waals surface area contributed by atoms with Crippen LogP contribution in [-0.2, 0) is 10.2 Å². The van der Waals surface area contributed by atoms with Crippen LogP contribution in [0.1, 0.15) is 44.9 Å². The van der Waals surface area contributed by atoms with Gasteiger partial charge in [0.05, 0.1) is 13.2 Å². The van der Waals surface area contributed by atoms with Crippen LogP contribution in [0.15, 0.2) is 48.5 Å². The zero-order chi connectivity index (χ0) is 18.4. The van der Waals surface area contributed by atoms with Gasteiger partial charge < -0.3 is 14.8 Å².